The number of hydrogen-bond donors (Lipinski definition) is 1. The zero-order valence-electron chi connectivity index (χ0n) is 25.2. The minimum Gasteiger partial charge on any atom is -0.444 e. The molecule has 2 aliphatic carbocycles. The molecule has 2 atom stereocenters. The minimum absolute atomic E-state index is 0.0474. The molecule has 0 unspecified atom stereocenters. The fourth-order valence-electron chi connectivity index (χ4n) is 7.11. The van der Waals surface area contributed by atoms with E-state index in [1.807, 2.05) is 12.1 Å². The van der Waals surface area contributed by atoms with Gasteiger partial charge in [-0.1, -0.05) is 63.1 Å². The van der Waals surface area contributed by atoms with E-state index >= 15 is 0 Å². The first-order valence-electron chi connectivity index (χ1n) is 15.7. The molecular formula is C32H44N4O4SSi. The molecule has 4 fully saturated rings. The second kappa shape index (κ2) is 10.8. The number of nitrogens with one attached hydrogen (secondary N) is 1. The predicted molar refractivity (Wildman–Crippen MR) is 167 cm³/mol. The summed E-state index contributed by atoms with van der Waals surface area (Å²) in [6.07, 6.45) is 7.10. The molecule has 2 aromatic rings. The van der Waals surface area contributed by atoms with Crippen LogP contribution in [-0.2, 0) is 20.0 Å². The van der Waals surface area contributed by atoms with E-state index in [1.165, 1.54) is 12.1 Å². The number of nitrogens with zero attached hydrogens (tertiary/aromatic N) is 3. The summed E-state index contributed by atoms with van der Waals surface area (Å²) in [6, 6.07) is 12.9. The fourth-order valence-corrected chi connectivity index (χ4v) is 11.0. The van der Waals surface area contributed by atoms with Gasteiger partial charge in [-0.15, -0.1) is 0 Å². The molecule has 10 heteroatoms. The summed E-state index contributed by atoms with van der Waals surface area (Å²) < 4.78 is 31.3. The van der Waals surface area contributed by atoms with Gasteiger partial charge in [0.2, 0.25) is 11.8 Å². The van der Waals surface area contributed by atoms with E-state index in [1.54, 1.807) is 0 Å². The summed E-state index contributed by atoms with van der Waals surface area (Å²) >= 11 is 0. The van der Waals surface area contributed by atoms with Crippen molar-refractivity contribution in [3.05, 3.63) is 35.9 Å². The van der Waals surface area contributed by atoms with Crippen molar-refractivity contribution >= 4 is 29.5 Å². The van der Waals surface area contributed by atoms with Gasteiger partial charge in [0.15, 0.2) is 9.84 Å². The van der Waals surface area contributed by atoms with E-state index in [0.29, 0.717) is 25.9 Å². The van der Waals surface area contributed by atoms with E-state index in [9.17, 15) is 18.5 Å². The normalized spacial score (nSPS) is 27.5. The van der Waals surface area contributed by atoms with Crippen LogP contribution in [0.4, 0.5) is 5.69 Å². The van der Waals surface area contributed by atoms with Crippen molar-refractivity contribution in [2.45, 2.75) is 100 Å². The molecule has 0 radical (unpaired) electrons. The summed E-state index contributed by atoms with van der Waals surface area (Å²) in [6.45, 7) is 8.11. The van der Waals surface area contributed by atoms with Crippen LogP contribution in [0.5, 0.6) is 0 Å². The molecule has 2 aliphatic heterocycles. The highest BCUT2D eigenvalue weighted by Crippen LogP contribution is 2.49. The number of carbonyl (C=O) groups is 1. The van der Waals surface area contributed by atoms with Crippen molar-refractivity contribution in [2.75, 3.05) is 29.5 Å². The molecule has 1 aromatic heterocycles. The van der Waals surface area contributed by atoms with Gasteiger partial charge >= 0.3 is 0 Å². The third kappa shape index (κ3) is 5.79. The Kier molecular flexibility index (Phi) is 7.58. The number of nitriles is 1. The van der Waals surface area contributed by atoms with Gasteiger partial charge < -0.3 is 14.6 Å². The van der Waals surface area contributed by atoms with Gasteiger partial charge in [0, 0.05) is 49.7 Å². The van der Waals surface area contributed by atoms with Crippen molar-refractivity contribution in [3.63, 3.8) is 0 Å². The number of aromatic nitrogens is 1. The number of oxazole rings is 1. The number of benzene rings is 1. The van der Waals surface area contributed by atoms with E-state index < -0.39 is 23.5 Å². The first-order valence-corrected chi connectivity index (χ1v) is 21.0. The molecular weight excluding hydrogens is 565 g/mol. The molecule has 4 aliphatic rings. The molecule has 2 saturated heterocycles. The van der Waals surface area contributed by atoms with Gasteiger partial charge in [-0.2, -0.15) is 5.26 Å². The predicted octanol–water partition coefficient (Wildman–Crippen LogP) is 5.78. The molecule has 6 rings (SSSR count). The molecule has 1 aromatic carbocycles. The smallest absolute Gasteiger partial charge is 0.225 e. The number of amides is 1. The maximum Gasteiger partial charge on any atom is 0.225 e. The van der Waals surface area contributed by atoms with E-state index in [4.69, 9.17) is 9.40 Å². The molecule has 2 saturated carbocycles. The standard InChI is InChI=1S/C32H44N4O4SSi/c1-31(14-20-42(2,3)21-15-31)30-34-27(25-10-6-7-11-26(25)36-16-18-41(38,39)19-17-36)28(40-30)23-8-4-5-9-24(23)29(37)35-32(22-33)12-13-32/h6-7,10-11,23-24H,4-5,8-9,12-21H2,1-3H3,(H,35,37)/t23-,24-/m1/s1. The second-order valence-electron chi connectivity index (χ2n) is 14.3. The van der Waals surface area contributed by atoms with Crippen LogP contribution in [0.3, 0.4) is 0 Å². The lowest BCUT2D eigenvalue weighted by molar-refractivity contribution is -0.127. The Bertz CT molecular complexity index is 1480. The fraction of sp³-hybridized carbons (Fsp3) is 0.656. The Morgan fingerprint density at radius 1 is 1.10 bits per heavy atom. The highest BCUT2D eigenvalue weighted by atomic mass is 32.2. The van der Waals surface area contributed by atoms with Crippen LogP contribution in [0.2, 0.25) is 25.2 Å². The highest BCUT2D eigenvalue weighted by molar-refractivity contribution is 7.91. The highest BCUT2D eigenvalue weighted by Gasteiger charge is 2.48. The Morgan fingerprint density at radius 3 is 2.43 bits per heavy atom. The maximum atomic E-state index is 13.7. The van der Waals surface area contributed by atoms with Crippen molar-refractivity contribution < 1.29 is 17.6 Å². The first kappa shape index (κ1) is 29.4. The molecule has 8 nitrogen and oxygen atoms in total. The van der Waals surface area contributed by atoms with Gasteiger partial charge in [-0.3, -0.25) is 4.79 Å². The largest absolute Gasteiger partial charge is 0.444 e. The lowest BCUT2D eigenvalue weighted by Gasteiger charge is -2.38. The van der Waals surface area contributed by atoms with Gasteiger partial charge in [0.1, 0.15) is 17.0 Å². The van der Waals surface area contributed by atoms with Crippen LogP contribution in [0.15, 0.2) is 28.7 Å². The van der Waals surface area contributed by atoms with Crippen LogP contribution < -0.4 is 10.2 Å². The summed E-state index contributed by atoms with van der Waals surface area (Å²) in [5.41, 5.74) is 1.84. The van der Waals surface area contributed by atoms with Crippen LogP contribution in [0, 0.1) is 17.2 Å². The lowest BCUT2D eigenvalue weighted by Crippen LogP contribution is -2.42. The number of para-hydroxylation sites is 1. The van der Waals surface area contributed by atoms with Crippen molar-refractivity contribution in [3.8, 4) is 17.3 Å². The zero-order chi connectivity index (χ0) is 29.8. The SMILES string of the molecule is CC1(c2nc(-c3ccccc3N3CCS(=O)(=O)CC3)c([C@@H]3CCCC[C@H]3C(=O)NC3(C#N)CC3)o2)CC[Si](C)(C)CC1. The first-order chi connectivity index (χ1) is 19.9. The zero-order valence-corrected chi connectivity index (χ0v) is 27.1. The lowest BCUT2D eigenvalue weighted by atomic mass is 9.76. The Labute approximate surface area is 251 Å². The van der Waals surface area contributed by atoms with Gasteiger partial charge in [-0.25, -0.2) is 13.4 Å². The Hall–Kier alpha value is -2.64. The summed E-state index contributed by atoms with van der Waals surface area (Å²) in [5.74, 6) is 1.39. The van der Waals surface area contributed by atoms with Gasteiger partial charge in [0.25, 0.3) is 0 Å². The van der Waals surface area contributed by atoms with Gasteiger partial charge in [-0.05, 0) is 44.6 Å². The Balaban J connectivity index is 1.42. The third-order valence-corrected chi connectivity index (χ3v) is 15.3. The number of sulfone groups is 1. The van der Waals surface area contributed by atoms with Crippen LogP contribution >= 0.6 is 0 Å². The number of rotatable bonds is 6. The summed E-state index contributed by atoms with van der Waals surface area (Å²) in [4.78, 5) is 21.1. The van der Waals surface area contributed by atoms with Crippen molar-refractivity contribution in [2.24, 2.45) is 5.92 Å². The molecule has 3 heterocycles. The average Bonchev–Trinajstić information content (AvgIpc) is 3.60. The number of carbonyl (C=O) groups excluding carboxylic acids is 1. The topological polar surface area (TPSA) is 116 Å². The number of anilines is 1. The number of hydrogen-bond acceptors (Lipinski definition) is 7. The maximum absolute atomic E-state index is 13.7. The Morgan fingerprint density at radius 2 is 1.76 bits per heavy atom. The van der Waals surface area contributed by atoms with Crippen LogP contribution in [-0.4, -0.2) is 57.5 Å². The quantitative estimate of drug-likeness (QED) is 0.413. The van der Waals surface area contributed by atoms with Gasteiger partial charge in [0.05, 0.1) is 17.6 Å². The van der Waals surface area contributed by atoms with Crippen LogP contribution in [0.1, 0.15) is 75.9 Å². The molecule has 1 amide bonds. The molecule has 0 spiro atoms. The summed E-state index contributed by atoms with van der Waals surface area (Å²) in [7, 11) is -4.23. The van der Waals surface area contributed by atoms with E-state index in [0.717, 1.165) is 67.1 Å². The van der Waals surface area contributed by atoms with Crippen molar-refractivity contribution in [1.29, 1.82) is 5.26 Å². The van der Waals surface area contributed by atoms with E-state index in [-0.39, 0.29) is 34.7 Å². The van der Waals surface area contributed by atoms with Crippen molar-refractivity contribution in [1.82, 2.24) is 10.3 Å². The molecule has 42 heavy (non-hydrogen) atoms. The molecule has 0 bridgehead atoms. The second-order valence-corrected chi connectivity index (χ2v) is 21.9. The molecule has 1 N–H and O–H groups in total. The van der Waals surface area contributed by atoms with Crippen LogP contribution in [0.25, 0.3) is 11.3 Å². The summed E-state index contributed by atoms with van der Waals surface area (Å²) in [5, 5.41) is 12.7. The third-order valence-electron chi connectivity index (χ3n) is 10.5. The molecule has 226 valence electrons. The average molecular weight is 609 g/mol. The van der Waals surface area contributed by atoms with E-state index in [2.05, 4.69) is 48.4 Å². The monoisotopic (exact) mass is 608 g/mol. The minimum atomic E-state index is -3.02.